The molecule has 0 spiro atoms. The summed E-state index contributed by atoms with van der Waals surface area (Å²) in [5.74, 6) is -0.678. The standard InChI is InChI=1S/C24H25FN2O4S/c1-17(19-8-11-21(25)12-9-19)27-24(28)20-10-13-22(31-2)23(16-20)32(29,30)26-15-14-18-6-4-3-5-7-18/h3-13,16-17,26H,14-15H2,1-2H3,(H,27,28)/t17-/m1/s1. The highest BCUT2D eigenvalue weighted by Crippen LogP contribution is 2.25. The Balaban J connectivity index is 1.74. The first-order chi connectivity index (χ1) is 15.3. The van der Waals surface area contributed by atoms with Crippen molar-refractivity contribution in [2.24, 2.45) is 0 Å². The van der Waals surface area contributed by atoms with Crippen LogP contribution in [0.25, 0.3) is 0 Å². The van der Waals surface area contributed by atoms with Crippen molar-refractivity contribution in [2.45, 2.75) is 24.3 Å². The molecule has 168 valence electrons. The van der Waals surface area contributed by atoms with Gasteiger partial charge in [-0.15, -0.1) is 0 Å². The van der Waals surface area contributed by atoms with E-state index in [-0.39, 0.29) is 28.6 Å². The maximum Gasteiger partial charge on any atom is 0.251 e. The molecule has 1 atom stereocenters. The number of carbonyl (C=O) groups is 1. The van der Waals surface area contributed by atoms with E-state index in [1.165, 1.54) is 37.4 Å². The summed E-state index contributed by atoms with van der Waals surface area (Å²) in [4.78, 5) is 12.6. The summed E-state index contributed by atoms with van der Waals surface area (Å²) in [6.07, 6.45) is 0.526. The molecule has 0 aromatic heterocycles. The van der Waals surface area contributed by atoms with Crippen LogP contribution in [0.2, 0.25) is 0 Å². The van der Waals surface area contributed by atoms with E-state index in [0.717, 1.165) is 11.1 Å². The number of hydrogen-bond donors (Lipinski definition) is 2. The summed E-state index contributed by atoms with van der Waals surface area (Å²) >= 11 is 0. The molecule has 0 aliphatic carbocycles. The van der Waals surface area contributed by atoms with Gasteiger partial charge in [0.05, 0.1) is 13.2 Å². The van der Waals surface area contributed by atoms with E-state index in [1.54, 1.807) is 19.1 Å². The van der Waals surface area contributed by atoms with Crippen LogP contribution in [-0.2, 0) is 16.4 Å². The summed E-state index contributed by atoms with van der Waals surface area (Å²) in [6, 6.07) is 19.2. The van der Waals surface area contributed by atoms with Gasteiger partial charge < -0.3 is 10.1 Å². The Morgan fingerprint density at radius 1 is 1.03 bits per heavy atom. The summed E-state index contributed by atoms with van der Waals surface area (Å²) < 4.78 is 46.7. The number of halogens is 1. The molecule has 6 nitrogen and oxygen atoms in total. The molecule has 1 amide bonds. The molecule has 0 fully saturated rings. The van der Waals surface area contributed by atoms with Gasteiger partial charge >= 0.3 is 0 Å². The van der Waals surface area contributed by atoms with Crippen LogP contribution in [0.15, 0.2) is 77.7 Å². The first kappa shape index (κ1) is 23.4. The normalized spacial score (nSPS) is 12.2. The van der Waals surface area contributed by atoms with E-state index >= 15 is 0 Å². The minimum atomic E-state index is -3.91. The molecule has 8 heteroatoms. The van der Waals surface area contributed by atoms with Gasteiger partial charge in [0.15, 0.2) is 0 Å². The van der Waals surface area contributed by atoms with Crippen LogP contribution >= 0.6 is 0 Å². The minimum absolute atomic E-state index is 0.116. The fraction of sp³-hybridized carbons (Fsp3) is 0.208. The lowest BCUT2D eigenvalue weighted by Gasteiger charge is -2.16. The van der Waals surface area contributed by atoms with Gasteiger partial charge in [0.25, 0.3) is 5.91 Å². The molecule has 0 radical (unpaired) electrons. The number of sulfonamides is 1. The molecular formula is C24H25FN2O4S. The van der Waals surface area contributed by atoms with Gasteiger partial charge in [-0.2, -0.15) is 0 Å². The number of amides is 1. The summed E-state index contributed by atoms with van der Waals surface area (Å²) in [5.41, 5.74) is 1.90. The third-order valence-electron chi connectivity index (χ3n) is 4.98. The Labute approximate surface area is 187 Å². The van der Waals surface area contributed by atoms with E-state index in [4.69, 9.17) is 4.74 Å². The van der Waals surface area contributed by atoms with Gasteiger partial charge in [-0.25, -0.2) is 17.5 Å². The van der Waals surface area contributed by atoms with Crippen molar-refractivity contribution in [3.05, 3.63) is 95.3 Å². The minimum Gasteiger partial charge on any atom is -0.495 e. The molecule has 0 unspecified atom stereocenters. The van der Waals surface area contributed by atoms with Crippen molar-refractivity contribution < 1.29 is 22.3 Å². The van der Waals surface area contributed by atoms with Crippen molar-refractivity contribution in [3.63, 3.8) is 0 Å². The van der Waals surface area contributed by atoms with Gasteiger partial charge in [-0.1, -0.05) is 42.5 Å². The maximum absolute atomic E-state index is 13.1. The zero-order chi connectivity index (χ0) is 23.1. The molecule has 0 heterocycles. The Kier molecular flexibility index (Phi) is 7.61. The van der Waals surface area contributed by atoms with Crippen LogP contribution in [0.1, 0.15) is 34.5 Å². The lowest BCUT2D eigenvalue weighted by Crippen LogP contribution is -2.28. The highest BCUT2D eigenvalue weighted by atomic mass is 32.2. The Morgan fingerprint density at radius 3 is 2.38 bits per heavy atom. The number of carbonyl (C=O) groups excluding carboxylic acids is 1. The van der Waals surface area contributed by atoms with Crippen molar-refractivity contribution in [3.8, 4) is 5.75 Å². The molecule has 2 N–H and O–H groups in total. The SMILES string of the molecule is COc1ccc(C(=O)N[C@H](C)c2ccc(F)cc2)cc1S(=O)(=O)NCCc1ccccc1. The van der Waals surface area contributed by atoms with Gasteiger partial charge in [0, 0.05) is 12.1 Å². The van der Waals surface area contributed by atoms with Crippen molar-refractivity contribution in [2.75, 3.05) is 13.7 Å². The van der Waals surface area contributed by atoms with E-state index in [2.05, 4.69) is 10.0 Å². The van der Waals surface area contributed by atoms with Crippen molar-refractivity contribution >= 4 is 15.9 Å². The number of hydrogen-bond acceptors (Lipinski definition) is 4. The molecule has 3 aromatic carbocycles. The molecule has 0 aliphatic rings. The van der Waals surface area contributed by atoms with Crippen molar-refractivity contribution in [1.82, 2.24) is 10.0 Å². The molecule has 32 heavy (non-hydrogen) atoms. The van der Waals surface area contributed by atoms with Gasteiger partial charge in [0.2, 0.25) is 10.0 Å². The highest BCUT2D eigenvalue weighted by molar-refractivity contribution is 7.89. The lowest BCUT2D eigenvalue weighted by atomic mass is 10.1. The van der Waals surface area contributed by atoms with Gasteiger partial charge in [-0.3, -0.25) is 4.79 Å². The van der Waals surface area contributed by atoms with E-state index < -0.39 is 22.0 Å². The molecule has 0 aliphatic heterocycles. The number of methoxy groups -OCH3 is 1. The summed E-state index contributed by atoms with van der Waals surface area (Å²) in [6.45, 7) is 1.96. The number of benzene rings is 3. The van der Waals surface area contributed by atoms with Crippen LogP contribution in [0.5, 0.6) is 5.75 Å². The quantitative estimate of drug-likeness (QED) is 0.512. The second kappa shape index (κ2) is 10.4. The number of nitrogens with one attached hydrogen (secondary N) is 2. The Bertz CT molecular complexity index is 1170. The predicted molar refractivity (Wildman–Crippen MR) is 121 cm³/mol. The Hall–Kier alpha value is -3.23. The molecule has 3 rings (SSSR count). The topological polar surface area (TPSA) is 84.5 Å². The van der Waals surface area contributed by atoms with Gasteiger partial charge in [-0.05, 0) is 54.8 Å². The largest absolute Gasteiger partial charge is 0.495 e. The van der Waals surface area contributed by atoms with E-state index in [0.29, 0.717) is 6.42 Å². The average molecular weight is 457 g/mol. The fourth-order valence-corrected chi connectivity index (χ4v) is 4.42. The third-order valence-corrected chi connectivity index (χ3v) is 6.46. The molecule has 3 aromatic rings. The second-order valence-electron chi connectivity index (χ2n) is 7.25. The zero-order valence-corrected chi connectivity index (χ0v) is 18.7. The van der Waals surface area contributed by atoms with Crippen LogP contribution in [0.4, 0.5) is 4.39 Å². The van der Waals surface area contributed by atoms with Crippen molar-refractivity contribution in [1.29, 1.82) is 0 Å². The smallest absolute Gasteiger partial charge is 0.251 e. The molecule has 0 bridgehead atoms. The van der Waals surface area contributed by atoms with Crippen LogP contribution in [-0.4, -0.2) is 28.0 Å². The van der Waals surface area contributed by atoms with Crippen LogP contribution in [0, 0.1) is 5.82 Å². The summed E-state index contributed by atoms with van der Waals surface area (Å²) in [5, 5.41) is 2.80. The number of rotatable bonds is 9. The van der Waals surface area contributed by atoms with Gasteiger partial charge in [0.1, 0.15) is 16.5 Å². The predicted octanol–water partition coefficient (Wildman–Crippen LogP) is 3.85. The van der Waals surface area contributed by atoms with Crippen LogP contribution < -0.4 is 14.8 Å². The fourth-order valence-electron chi connectivity index (χ4n) is 3.19. The van der Waals surface area contributed by atoms with E-state index in [9.17, 15) is 17.6 Å². The average Bonchev–Trinajstić information content (AvgIpc) is 2.79. The van der Waals surface area contributed by atoms with Crippen LogP contribution in [0.3, 0.4) is 0 Å². The number of ether oxygens (including phenoxy) is 1. The monoisotopic (exact) mass is 456 g/mol. The molecule has 0 saturated carbocycles. The lowest BCUT2D eigenvalue weighted by molar-refractivity contribution is 0.0939. The Morgan fingerprint density at radius 2 is 1.72 bits per heavy atom. The van der Waals surface area contributed by atoms with E-state index in [1.807, 2.05) is 30.3 Å². The zero-order valence-electron chi connectivity index (χ0n) is 17.8. The maximum atomic E-state index is 13.1. The summed E-state index contributed by atoms with van der Waals surface area (Å²) in [7, 11) is -2.54. The highest BCUT2D eigenvalue weighted by Gasteiger charge is 2.22. The first-order valence-corrected chi connectivity index (χ1v) is 11.6. The third kappa shape index (κ3) is 5.93. The molecule has 0 saturated heterocycles. The first-order valence-electron chi connectivity index (χ1n) is 10.1. The second-order valence-corrected chi connectivity index (χ2v) is 8.98. The molecular weight excluding hydrogens is 431 g/mol.